The van der Waals surface area contributed by atoms with Gasteiger partial charge in [0, 0.05) is 17.0 Å². The highest BCUT2D eigenvalue weighted by Gasteiger charge is 2.23. The van der Waals surface area contributed by atoms with Gasteiger partial charge in [0.25, 0.3) is 5.69 Å². The lowest BCUT2D eigenvalue weighted by Crippen LogP contribution is -2.45. The van der Waals surface area contributed by atoms with Crippen LogP contribution in [0.4, 0.5) is 10.1 Å². The Morgan fingerprint density at radius 1 is 1.43 bits per heavy atom. The quantitative estimate of drug-likeness (QED) is 0.449. The van der Waals surface area contributed by atoms with Gasteiger partial charge in [0.2, 0.25) is 5.91 Å². The van der Waals surface area contributed by atoms with Crippen molar-refractivity contribution in [3.05, 3.63) is 34.4 Å². The number of amides is 1. The van der Waals surface area contributed by atoms with Crippen molar-refractivity contribution in [3.63, 3.8) is 0 Å². The highest BCUT2D eigenvalue weighted by Crippen LogP contribution is 2.25. The molecule has 114 valence electrons. The Labute approximate surface area is 123 Å². The summed E-state index contributed by atoms with van der Waals surface area (Å²) in [4.78, 5) is 32.9. The maximum absolute atomic E-state index is 12.4. The molecule has 0 aliphatic rings. The van der Waals surface area contributed by atoms with E-state index in [1.165, 1.54) is 31.2 Å². The maximum atomic E-state index is 12.4. The van der Waals surface area contributed by atoms with Gasteiger partial charge < -0.3 is 10.4 Å². The fourth-order valence-corrected chi connectivity index (χ4v) is 2.24. The number of hydrogen-bond acceptors (Lipinski definition) is 5. The fourth-order valence-electron chi connectivity index (χ4n) is 1.36. The van der Waals surface area contributed by atoms with Gasteiger partial charge in [-0.3, -0.25) is 14.9 Å². The first kappa shape index (κ1) is 16.9. The van der Waals surface area contributed by atoms with E-state index in [1.807, 2.05) is 0 Å². The molecule has 7 nitrogen and oxygen atoms in total. The highest BCUT2D eigenvalue weighted by atomic mass is 32.2. The summed E-state index contributed by atoms with van der Waals surface area (Å²) >= 11 is 1.09. The Kier molecular flexibility index (Phi) is 6.10. The summed E-state index contributed by atoms with van der Waals surface area (Å²) in [6.07, 6.45) is 0. The predicted octanol–water partition coefficient (Wildman–Crippen LogP) is 1.61. The number of thioether (sulfide) groups is 1. The molecule has 1 aromatic carbocycles. The zero-order valence-corrected chi connectivity index (χ0v) is 11.8. The van der Waals surface area contributed by atoms with Gasteiger partial charge in [-0.05, 0) is 19.1 Å². The molecule has 0 aromatic heterocycles. The summed E-state index contributed by atoms with van der Waals surface area (Å²) in [5.74, 6) is -2.07. The Morgan fingerprint density at radius 2 is 2.00 bits per heavy atom. The van der Waals surface area contributed by atoms with E-state index in [0.717, 1.165) is 11.8 Å². The Morgan fingerprint density at radius 3 is 2.43 bits per heavy atom. The molecule has 0 bridgehead atoms. The molecular formula is C12H13FN2O5S. The van der Waals surface area contributed by atoms with Gasteiger partial charge in [0.15, 0.2) is 6.04 Å². The molecule has 1 amide bonds. The van der Waals surface area contributed by atoms with E-state index in [4.69, 9.17) is 5.11 Å². The van der Waals surface area contributed by atoms with Crippen LogP contribution in [0.5, 0.6) is 0 Å². The molecular weight excluding hydrogens is 303 g/mol. The number of carboxylic acid groups (broad SMARTS) is 1. The van der Waals surface area contributed by atoms with E-state index in [2.05, 4.69) is 5.32 Å². The molecule has 1 rings (SSSR count). The second kappa shape index (κ2) is 7.58. The predicted molar refractivity (Wildman–Crippen MR) is 74.0 cm³/mol. The van der Waals surface area contributed by atoms with Crippen LogP contribution in [0.1, 0.15) is 6.92 Å². The van der Waals surface area contributed by atoms with Crippen molar-refractivity contribution in [2.75, 3.05) is 6.67 Å². The molecule has 0 aliphatic heterocycles. The van der Waals surface area contributed by atoms with Crippen LogP contribution in [0.15, 0.2) is 29.2 Å². The number of nitrogens with one attached hydrogen (secondary N) is 1. The number of alkyl halides is 1. The lowest BCUT2D eigenvalue weighted by atomic mass is 10.3. The smallest absolute Gasteiger partial charge is 0.328 e. The number of halogens is 1. The van der Waals surface area contributed by atoms with Crippen LogP contribution in [0.2, 0.25) is 0 Å². The van der Waals surface area contributed by atoms with Crippen molar-refractivity contribution in [2.24, 2.45) is 0 Å². The van der Waals surface area contributed by atoms with Crippen molar-refractivity contribution < 1.29 is 24.0 Å². The van der Waals surface area contributed by atoms with E-state index in [9.17, 15) is 24.1 Å². The highest BCUT2D eigenvalue weighted by molar-refractivity contribution is 8.00. The number of nitrogens with zero attached hydrogens (tertiary/aromatic N) is 1. The van der Waals surface area contributed by atoms with Crippen LogP contribution in [-0.2, 0) is 9.59 Å². The first-order chi connectivity index (χ1) is 9.85. The third-order valence-electron chi connectivity index (χ3n) is 2.50. The van der Waals surface area contributed by atoms with Crippen LogP contribution in [0.25, 0.3) is 0 Å². The van der Waals surface area contributed by atoms with Crippen LogP contribution in [0.3, 0.4) is 0 Å². The molecule has 0 fully saturated rings. The van der Waals surface area contributed by atoms with E-state index < -0.39 is 34.8 Å². The fraction of sp³-hybridized carbons (Fsp3) is 0.333. The molecule has 0 aliphatic carbocycles. The number of carbonyl (C=O) groups excluding carboxylic acids is 1. The summed E-state index contributed by atoms with van der Waals surface area (Å²) in [6.45, 7) is 0.328. The van der Waals surface area contributed by atoms with Crippen LogP contribution in [-0.4, -0.2) is 39.9 Å². The number of aliphatic carboxylic acids is 1. The van der Waals surface area contributed by atoms with Gasteiger partial charge in [-0.2, -0.15) is 0 Å². The van der Waals surface area contributed by atoms with E-state index >= 15 is 0 Å². The van der Waals surface area contributed by atoms with Crippen molar-refractivity contribution in [1.29, 1.82) is 0 Å². The Hall–Kier alpha value is -2.16. The number of nitro groups is 1. The molecule has 21 heavy (non-hydrogen) atoms. The van der Waals surface area contributed by atoms with Crippen molar-refractivity contribution in [2.45, 2.75) is 23.1 Å². The van der Waals surface area contributed by atoms with E-state index in [-0.39, 0.29) is 5.69 Å². The van der Waals surface area contributed by atoms with Gasteiger partial charge in [-0.15, -0.1) is 11.8 Å². The number of carboxylic acids is 1. The van der Waals surface area contributed by atoms with E-state index in [1.54, 1.807) is 0 Å². The third kappa shape index (κ3) is 5.03. The SMILES string of the molecule is CC(Sc1ccc([N+](=O)[O-])cc1)C(=O)NC(CF)C(=O)O. The minimum Gasteiger partial charge on any atom is -0.480 e. The number of nitro benzene ring substituents is 1. The lowest BCUT2D eigenvalue weighted by molar-refractivity contribution is -0.384. The third-order valence-corrected chi connectivity index (χ3v) is 3.61. The average Bonchev–Trinajstić information content (AvgIpc) is 2.44. The Bertz CT molecular complexity index is 537. The van der Waals surface area contributed by atoms with Gasteiger partial charge >= 0.3 is 5.97 Å². The summed E-state index contributed by atoms with van der Waals surface area (Å²) in [7, 11) is 0. The molecule has 0 radical (unpaired) electrons. The van der Waals surface area contributed by atoms with Crippen molar-refractivity contribution in [3.8, 4) is 0 Å². The molecule has 2 unspecified atom stereocenters. The monoisotopic (exact) mass is 316 g/mol. The van der Waals surface area contributed by atoms with Gasteiger partial charge in [0.05, 0.1) is 10.2 Å². The normalized spacial score (nSPS) is 13.2. The van der Waals surface area contributed by atoms with E-state index in [0.29, 0.717) is 4.90 Å². The maximum Gasteiger partial charge on any atom is 0.328 e. The second-order valence-corrected chi connectivity index (χ2v) is 5.48. The minimum atomic E-state index is -1.57. The lowest BCUT2D eigenvalue weighted by Gasteiger charge is -2.15. The summed E-state index contributed by atoms with van der Waals surface area (Å²) in [5.41, 5.74) is -0.0696. The first-order valence-corrected chi connectivity index (χ1v) is 6.73. The number of carbonyl (C=O) groups is 2. The van der Waals surface area contributed by atoms with Crippen molar-refractivity contribution >= 4 is 29.3 Å². The number of rotatable bonds is 7. The van der Waals surface area contributed by atoms with Gasteiger partial charge in [-0.1, -0.05) is 0 Å². The van der Waals surface area contributed by atoms with Crippen LogP contribution >= 0.6 is 11.8 Å². The van der Waals surface area contributed by atoms with Crippen LogP contribution < -0.4 is 5.32 Å². The molecule has 0 spiro atoms. The molecule has 0 saturated heterocycles. The number of benzene rings is 1. The standard InChI is InChI=1S/C12H13FN2O5S/c1-7(11(16)14-10(6-13)12(17)18)21-9-4-2-8(3-5-9)15(19)20/h2-5,7,10H,6H2,1H3,(H,14,16)(H,17,18). The average molecular weight is 316 g/mol. The summed E-state index contributed by atoms with van der Waals surface area (Å²) in [5, 5.41) is 20.6. The molecule has 9 heteroatoms. The van der Waals surface area contributed by atoms with Crippen molar-refractivity contribution in [1.82, 2.24) is 5.32 Å². The molecule has 2 atom stereocenters. The zero-order valence-electron chi connectivity index (χ0n) is 11.0. The molecule has 0 saturated carbocycles. The Balaban J connectivity index is 2.63. The van der Waals surface area contributed by atoms with Crippen LogP contribution in [0, 0.1) is 10.1 Å². The van der Waals surface area contributed by atoms with Gasteiger partial charge in [-0.25, -0.2) is 9.18 Å². The van der Waals surface area contributed by atoms with Gasteiger partial charge in [0.1, 0.15) is 6.67 Å². The number of hydrogen-bond donors (Lipinski definition) is 2. The molecule has 1 aromatic rings. The largest absolute Gasteiger partial charge is 0.480 e. The zero-order chi connectivity index (χ0) is 16.0. The number of non-ortho nitro benzene ring substituents is 1. The second-order valence-electron chi connectivity index (χ2n) is 4.06. The summed E-state index contributed by atoms with van der Waals surface area (Å²) in [6, 6.07) is 3.99. The minimum absolute atomic E-state index is 0.0696. The molecule has 2 N–H and O–H groups in total. The summed E-state index contributed by atoms with van der Waals surface area (Å²) < 4.78 is 12.4. The first-order valence-electron chi connectivity index (χ1n) is 5.85. The molecule has 0 heterocycles. The topological polar surface area (TPSA) is 110 Å².